The molecule has 0 atom stereocenters. The molecule has 1 aromatic heterocycles. The molecule has 0 saturated heterocycles. The zero-order valence-electron chi connectivity index (χ0n) is 17.9. The van der Waals surface area contributed by atoms with Crippen LogP contribution in [-0.2, 0) is 4.74 Å². The Labute approximate surface area is 183 Å². The summed E-state index contributed by atoms with van der Waals surface area (Å²) in [6.45, 7) is 3.94. The van der Waals surface area contributed by atoms with Crippen molar-refractivity contribution in [1.82, 2.24) is 10.6 Å². The number of nitrogens with one attached hydrogen (secondary N) is 3. The van der Waals surface area contributed by atoms with E-state index in [1.54, 1.807) is 31.2 Å². The number of terminal acetylenes is 1. The van der Waals surface area contributed by atoms with Crippen LogP contribution in [0.4, 0.5) is 0 Å². The summed E-state index contributed by atoms with van der Waals surface area (Å²) in [7, 11) is 0. The molecule has 1 heterocycles. The van der Waals surface area contributed by atoms with Gasteiger partial charge in [0.1, 0.15) is 5.76 Å². The Balaban J connectivity index is 1.78. The number of nitrogens with zero attached hydrogens (tertiary/aromatic N) is 1. The lowest BCUT2D eigenvalue weighted by molar-refractivity contribution is -0.909. The topological polar surface area (TPSA) is 98.3 Å². The lowest BCUT2D eigenvalue weighted by Crippen LogP contribution is -2.44. The van der Waals surface area contributed by atoms with Gasteiger partial charge in [-0.1, -0.05) is 0 Å². The van der Waals surface area contributed by atoms with E-state index in [0.717, 1.165) is 30.4 Å². The normalized spacial score (nSPS) is 22.2. The van der Waals surface area contributed by atoms with Crippen molar-refractivity contribution >= 4 is 11.6 Å². The molecule has 7 nitrogen and oxygen atoms in total. The highest BCUT2D eigenvalue weighted by molar-refractivity contribution is 6.10. The molecule has 0 spiro atoms. The number of aromatic nitrogens is 1. The Bertz CT molecular complexity index is 993. The Morgan fingerprint density at radius 3 is 2.77 bits per heavy atom. The van der Waals surface area contributed by atoms with E-state index in [-0.39, 0.29) is 5.69 Å². The fourth-order valence-corrected chi connectivity index (χ4v) is 3.69. The number of carbonyl (C=O) groups excluding carboxylic acids is 1. The first-order chi connectivity index (χ1) is 14.9. The molecule has 1 aromatic rings. The molecular weight excluding hydrogens is 392 g/mol. The highest BCUT2D eigenvalue weighted by Crippen LogP contribution is 2.24. The summed E-state index contributed by atoms with van der Waals surface area (Å²) in [4.78, 5) is 12.8. The molecule has 1 amide bonds. The summed E-state index contributed by atoms with van der Waals surface area (Å²) in [6.07, 6.45) is 14.6. The third-order valence-corrected chi connectivity index (χ3v) is 5.52. The van der Waals surface area contributed by atoms with Gasteiger partial charge in [-0.3, -0.25) is 10.0 Å². The number of carbonyl (C=O) groups is 1. The Morgan fingerprint density at radius 1 is 1.35 bits per heavy atom. The molecule has 3 rings (SSSR count). The maximum absolute atomic E-state index is 12.8. The van der Waals surface area contributed by atoms with E-state index in [1.807, 2.05) is 13.1 Å². The van der Waals surface area contributed by atoms with E-state index in [1.165, 1.54) is 6.07 Å². The molecule has 0 unspecified atom stereocenters. The standard InChI is InChI=1S/C24H28N4O3/c1-4-17-9-11-19(12-10-17)26-15-18-13-21(23(31-5-2)14-20(18)25)27-24(29)22-8-6-7-16(3)28(22)30/h1,6-8,13-15,17,19,25,29-30H,5,9-12H2,2-3H3/p+1. The second-order valence-electron chi connectivity index (χ2n) is 7.71. The van der Waals surface area contributed by atoms with Crippen molar-refractivity contribution in [2.75, 3.05) is 6.61 Å². The fraction of sp³-hybridized carbons (Fsp3) is 0.375. The Hall–Kier alpha value is -3.53. The quantitative estimate of drug-likeness (QED) is 0.323. The van der Waals surface area contributed by atoms with Crippen LogP contribution < -0.4 is 15.4 Å². The summed E-state index contributed by atoms with van der Waals surface area (Å²) in [6, 6.07) is 5.25. The van der Waals surface area contributed by atoms with Crippen LogP contribution in [0, 0.1) is 30.6 Å². The minimum Gasteiger partial charge on any atom is -0.492 e. The van der Waals surface area contributed by atoms with Gasteiger partial charge in [0.15, 0.2) is 0 Å². The monoisotopic (exact) mass is 421 g/mol. The molecule has 0 radical (unpaired) electrons. The van der Waals surface area contributed by atoms with E-state index in [4.69, 9.17) is 16.6 Å². The molecule has 0 aliphatic heterocycles. The fourth-order valence-electron chi connectivity index (χ4n) is 3.69. The van der Waals surface area contributed by atoms with Gasteiger partial charge in [-0.25, -0.2) is 0 Å². The number of allylic oxidation sites excluding steroid dienone is 3. The number of hydrogen-bond donors (Lipinski definition) is 4. The van der Waals surface area contributed by atoms with E-state index in [0.29, 0.717) is 47.0 Å². The number of amides is 1. The van der Waals surface area contributed by atoms with Crippen molar-refractivity contribution in [3.63, 3.8) is 0 Å². The number of aryl methyl sites for hydroxylation is 1. The van der Waals surface area contributed by atoms with Crippen LogP contribution in [0.2, 0.25) is 0 Å². The SMILES string of the molecule is C#CC1CCC(N/C=C2/C=C(NC(=O)c3cccc(C)[n+]3O)C(OCC)=CC2=N)CC1. The second-order valence-corrected chi connectivity index (χ2v) is 7.71. The number of hydrogen-bond acceptors (Lipinski definition) is 5. The predicted octanol–water partition coefficient (Wildman–Crippen LogP) is 2.75. The summed E-state index contributed by atoms with van der Waals surface area (Å²) in [5.74, 6) is 3.12. The lowest BCUT2D eigenvalue weighted by Gasteiger charge is -2.26. The first kappa shape index (κ1) is 22.2. The van der Waals surface area contributed by atoms with Gasteiger partial charge in [-0.2, -0.15) is 0 Å². The van der Waals surface area contributed by atoms with Crippen LogP contribution in [0.15, 0.2) is 53.6 Å². The van der Waals surface area contributed by atoms with Crippen LogP contribution in [0.1, 0.15) is 48.8 Å². The van der Waals surface area contributed by atoms with Gasteiger partial charge in [0.2, 0.25) is 5.69 Å². The average Bonchev–Trinajstić information content (AvgIpc) is 2.77. The molecule has 1 fully saturated rings. The van der Waals surface area contributed by atoms with Crippen LogP contribution in [0.5, 0.6) is 0 Å². The molecule has 162 valence electrons. The molecule has 2 aliphatic rings. The zero-order chi connectivity index (χ0) is 22.4. The van der Waals surface area contributed by atoms with Gasteiger partial charge >= 0.3 is 11.6 Å². The highest BCUT2D eigenvalue weighted by atomic mass is 16.5. The molecule has 0 aromatic carbocycles. The maximum atomic E-state index is 12.8. The molecule has 0 bridgehead atoms. The third-order valence-electron chi connectivity index (χ3n) is 5.52. The first-order valence-electron chi connectivity index (χ1n) is 10.5. The molecule has 7 heteroatoms. The summed E-state index contributed by atoms with van der Waals surface area (Å²) in [5, 5.41) is 24.7. The second kappa shape index (κ2) is 9.98. The third kappa shape index (κ3) is 5.34. The van der Waals surface area contributed by atoms with Crippen LogP contribution in [-0.4, -0.2) is 29.5 Å². The number of rotatable bonds is 6. The van der Waals surface area contributed by atoms with Gasteiger partial charge in [-0.15, -0.1) is 12.3 Å². The predicted molar refractivity (Wildman–Crippen MR) is 117 cm³/mol. The van der Waals surface area contributed by atoms with Crippen molar-refractivity contribution in [1.29, 1.82) is 5.41 Å². The highest BCUT2D eigenvalue weighted by Gasteiger charge is 2.26. The lowest BCUT2D eigenvalue weighted by atomic mass is 9.86. The van der Waals surface area contributed by atoms with E-state index in [9.17, 15) is 10.0 Å². The first-order valence-corrected chi connectivity index (χ1v) is 10.5. The smallest absolute Gasteiger partial charge is 0.325 e. The Kier molecular flexibility index (Phi) is 7.14. The van der Waals surface area contributed by atoms with Gasteiger partial charge < -0.3 is 20.8 Å². The van der Waals surface area contributed by atoms with E-state index >= 15 is 0 Å². The number of pyridine rings is 1. The summed E-state index contributed by atoms with van der Waals surface area (Å²) < 4.78 is 6.47. The average molecular weight is 422 g/mol. The zero-order valence-corrected chi connectivity index (χ0v) is 17.9. The van der Waals surface area contributed by atoms with Gasteiger partial charge in [0.25, 0.3) is 0 Å². The van der Waals surface area contributed by atoms with Gasteiger partial charge in [-0.05, 0) is 44.7 Å². The summed E-state index contributed by atoms with van der Waals surface area (Å²) >= 11 is 0. The molecule has 1 saturated carbocycles. The largest absolute Gasteiger partial charge is 0.492 e. The van der Waals surface area contributed by atoms with E-state index in [2.05, 4.69) is 16.6 Å². The Morgan fingerprint density at radius 2 is 2.10 bits per heavy atom. The summed E-state index contributed by atoms with van der Waals surface area (Å²) in [5.41, 5.74) is 2.01. The van der Waals surface area contributed by atoms with Crippen LogP contribution in [0.3, 0.4) is 0 Å². The maximum Gasteiger partial charge on any atom is 0.325 e. The van der Waals surface area contributed by atoms with Crippen LogP contribution in [0.25, 0.3) is 0 Å². The molecule has 4 N–H and O–H groups in total. The number of ether oxygens (including phenoxy) is 1. The van der Waals surface area contributed by atoms with Crippen molar-refractivity contribution in [3.8, 4) is 12.3 Å². The van der Waals surface area contributed by atoms with Gasteiger partial charge in [0, 0.05) is 53.6 Å². The van der Waals surface area contributed by atoms with Gasteiger partial charge in [0.05, 0.1) is 18.0 Å². The minimum atomic E-state index is -0.476. The van der Waals surface area contributed by atoms with E-state index < -0.39 is 5.91 Å². The molecular formula is C24H29N4O3+. The van der Waals surface area contributed by atoms with Crippen LogP contribution >= 0.6 is 0 Å². The van der Waals surface area contributed by atoms with Crippen molar-refractivity contribution in [2.45, 2.75) is 45.6 Å². The molecule has 31 heavy (non-hydrogen) atoms. The van der Waals surface area contributed by atoms with Crippen molar-refractivity contribution < 1.29 is 19.5 Å². The van der Waals surface area contributed by atoms with Crippen molar-refractivity contribution in [3.05, 3.63) is 65.0 Å². The minimum absolute atomic E-state index is 0.103. The molecule has 2 aliphatic carbocycles. The van der Waals surface area contributed by atoms with Crippen molar-refractivity contribution in [2.24, 2.45) is 5.92 Å².